The predicted octanol–water partition coefficient (Wildman–Crippen LogP) is 0.448. The van der Waals surface area contributed by atoms with Gasteiger partial charge in [-0.1, -0.05) is 0 Å². The van der Waals surface area contributed by atoms with Gasteiger partial charge in [0, 0.05) is 52.3 Å². The zero-order chi connectivity index (χ0) is 17.5. The molecule has 3 rings (SSSR count). The predicted molar refractivity (Wildman–Crippen MR) is 89.2 cm³/mol. The number of rotatable bonds is 2. The van der Waals surface area contributed by atoms with Crippen molar-refractivity contribution in [3.8, 4) is 0 Å². The monoisotopic (exact) mass is 351 g/mol. The first kappa shape index (κ1) is 16.9. The van der Waals surface area contributed by atoms with E-state index >= 15 is 0 Å². The van der Waals surface area contributed by atoms with Crippen LogP contribution in [0.1, 0.15) is 18.9 Å². The molecule has 0 bridgehead atoms. The minimum absolute atomic E-state index is 0.0338. The summed E-state index contributed by atoms with van der Waals surface area (Å²) in [4.78, 5) is 26.6. The fourth-order valence-corrected chi connectivity index (χ4v) is 4.66. The van der Waals surface area contributed by atoms with Gasteiger partial charge in [0.1, 0.15) is 0 Å². The molecule has 24 heavy (non-hydrogen) atoms. The molecule has 0 saturated carbocycles. The van der Waals surface area contributed by atoms with E-state index in [9.17, 15) is 18.0 Å². The number of carbonyl (C=O) groups is 2. The third kappa shape index (κ3) is 2.91. The van der Waals surface area contributed by atoms with E-state index in [1.165, 1.54) is 11.2 Å². The van der Waals surface area contributed by atoms with Gasteiger partial charge < -0.3 is 9.80 Å². The number of sulfonamides is 1. The zero-order valence-electron chi connectivity index (χ0n) is 13.9. The summed E-state index contributed by atoms with van der Waals surface area (Å²) in [6, 6.07) is 4.93. The Kier molecular flexibility index (Phi) is 4.35. The van der Waals surface area contributed by atoms with E-state index in [1.807, 2.05) is 0 Å². The molecule has 2 aliphatic heterocycles. The molecule has 0 N–H and O–H groups in total. The van der Waals surface area contributed by atoms with Crippen LogP contribution in [0.2, 0.25) is 0 Å². The summed E-state index contributed by atoms with van der Waals surface area (Å²) in [5.41, 5.74) is 1.65. The lowest BCUT2D eigenvalue weighted by Gasteiger charge is -2.33. The Bertz CT molecular complexity index is 783. The van der Waals surface area contributed by atoms with Crippen molar-refractivity contribution >= 4 is 27.5 Å². The number of aryl methyl sites for hydroxylation is 1. The molecule has 130 valence electrons. The van der Waals surface area contributed by atoms with Crippen LogP contribution in [-0.2, 0) is 26.0 Å². The molecule has 2 heterocycles. The van der Waals surface area contributed by atoms with Crippen LogP contribution >= 0.6 is 0 Å². The molecule has 1 aromatic carbocycles. The number of fused-ring (bicyclic) bond motifs is 1. The van der Waals surface area contributed by atoms with Gasteiger partial charge in [-0.2, -0.15) is 4.31 Å². The molecular weight excluding hydrogens is 330 g/mol. The molecule has 1 saturated heterocycles. The highest BCUT2D eigenvalue weighted by Crippen LogP contribution is 2.30. The summed E-state index contributed by atoms with van der Waals surface area (Å²) < 4.78 is 27.1. The number of anilines is 1. The van der Waals surface area contributed by atoms with Gasteiger partial charge in [-0.15, -0.1) is 0 Å². The molecule has 0 aliphatic carbocycles. The minimum atomic E-state index is -3.58. The molecule has 0 aromatic heterocycles. The quantitative estimate of drug-likeness (QED) is 0.775. The number of hydrogen-bond acceptors (Lipinski definition) is 4. The second kappa shape index (κ2) is 6.18. The fraction of sp³-hybridized carbons (Fsp3) is 0.500. The molecule has 0 radical (unpaired) electrons. The second-order valence-corrected chi connectivity index (χ2v) is 8.09. The summed E-state index contributed by atoms with van der Waals surface area (Å²) >= 11 is 0. The Labute approximate surface area is 141 Å². The highest BCUT2D eigenvalue weighted by atomic mass is 32.2. The van der Waals surface area contributed by atoms with Crippen molar-refractivity contribution in [2.45, 2.75) is 24.7 Å². The fourth-order valence-electron chi connectivity index (χ4n) is 3.19. The minimum Gasteiger partial charge on any atom is -0.340 e. The lowest BCUT2D eigenvalue weighted by molar-refractivity contribution is -0.130. The van der Waals surface area contributed by atoms with Crippen molar-refractivity contribution in [2.75, 3.05) is 38.1 Å². The number of hydrogen-bond donors (Lipinski definition) is 0. The second-order valence-electron chi connectivity index (χ2n) is 6.15. The lowest BCUT2D eigenvalue weighted by Crippen LogP contribution is -2.49. The molecule has 0 spiro atoms. The smallest absolute Gasteiger partial charge is 0.243 e. The average Bonchev–Trinajstić information content (AvgIpc) is 2.58. The van der Waals surface area contributed by atoms with Crippen LogP contribution in [0.5, 0.6) is 0 Å². The molecule has 2 amide bonds. The van der Waals surface area contributed by atoms with Gasteiger partial charge in [-0.25, -0.2) is 8.42 Å². The van der Waals surface area contributed by atoms with Crippen molar-refractivity contribution in [3.05, 3.63) is 23.8 Å². The van der Waals surface area contributed by atoms with Crippen molar-refractivity contribution in [1.82, 2.24) is 9.21 Å². The van der Waals surface area contributed by atoms with Gasteiger partial charge in [0.2, 0.25) is 21.8 Å². The van der Waals surface area contributed by atoms with Crippen LogP contribution < -0.4 is 4.90 Å². The summed E-state index contributed by atoms with van der Waals surface area (Å²) in [7, 11) is -1.88. The summed E-state index contributed by atoms with van der Waals surface area (Å²) in [6.07, 6.45) is 0.949. The molecule has 0 unspecified atom stereocenters. The number of carbonyl (C=O) groups excluding carboxylic acids is 2. The Balaban J connectivity index is 1.84. The highest BCUT2D eigenvalue weighted by Gasteiger charge is 2.30. The first-order valence-electron chi connectivity index (χ1n) is 7.96. The van der Waals surface area contributed by atoms with Gasteiger partial charge in [0.15, 0.2) is 0 Å². The van der Waals surface area contributed by atoms with E-state index in [0.29, 0.717) is 39.0 Å². The Morgan fingerprint density at radius 2 is 1.75 bits per heavy atom. The third-order valence-electron chi connectivity index (χ3n) is 4.72. The van der Waals surface area contributed by atoms with E-state index in [2.05, 4.69) is 0 Å². The molecular formula is C16H21N3O4S. The SMILES string of the molecule is CC(=O)N1CCN(S(=O)(=O)c2ccc3c(c2)CCC(=O)N3C)CC1. The van der Waals surface area contributed by atoms with Crippen LogP contribution in [-0.4, -0.2) is 62.7 Å². The number of benzene rings is 1. The average molecular weight is 351 g/mol. The van der Waals surface area contributed by atoms with E-state index in [0.717, 1.165) is 11.3 Å². The van der Waals surface area contributed by atoms with Gasteiger partial charge in [-0.3, -0.25) is 9.59 Å². The van der Waals surface area contributed by atoms with Crippen LogP contribution in [0.25, 0.3) is 0 Å². The molecule has 7 nitrogen and oxygen atoms in total. The Hall–Kier alpha value is -1.93. The molecule has 0 atom stereocenters. The first-order valence-corrected chi connectivity index (χ1v) is 9.40. The van der Waals surface area contributed by atoms with Crippen molar-refractivity contribution < 1.29 is 18.0 Å². The van der Waals surface area contributed by atoms with Crippen molar-refractivity contribution in [3.63, 3.8) is 0 Å². The Morgan fingerprint density at radius 1 is 1.08 bits per heavy atom. The van der Waals surface area contributed by atoms with Gasteiger partial charge in [-0.05, 0) is 30.2 Å². The van der Waals surface area contributed by atoms with Crippen LogP contribution in [0.3, 0.4) is 0 Å². The van der Waals surface area contributed by atoms with E-state index in [4.69, 9.17) is 0 Å². The molecule has 1 fully saturated rings. The molecule has 8 heteroatoms. The van der Waals surface area contributed by atoms with Gasteiger partial charge in [0.25, 0.3) is 0 Å². The van der Waals surface area contributed by atoms with E-state index in [1.54, 1.807) is 35.0 Å². The number of nitrogens with zero attached hydrogens (tertiary/aromatic N) is 3. The standard InChI is InChI=1S/C16H21N3O4S/c1-12(20)18-7-9-19(10-8-18)24(22,23)14-4-5-15-13(11-14)3-6-16(21)17(15)2/h4-5,11H,3,6-10H2,1-2H3. The summed E-state index contributed by atoms with van der Waals surface area (Å²) in [6.45, 7) is 2.92. The van der Waals surface area contributed by atoms with Crippen LogP contribution in [0, 0.1) is 0 Å². The first-order chi connectivity index (χ1) is 11.3. The molecule has 2 aliphatic rings. The van der Waals surface area contributed by atoms with Crippen molar-refractivity contribution in [2.24, 2.45) is 0 Å². The number of piperazine rings is 1. The van der Waals surface area contributed by atoms with E-state index in [-0.39, 0.29) is 16.7 Å². The maximum atomic E-state index is 12.8. The lowest BCUT2D eigenvalue weighted by atomic mass is 10.0. The normalized spacial score (nSPS) is 19.3. The largest absolute Gasteiger partial charge is 0.340 e. The maximum absolute atomic E-state index is 12.8. The van der Waals surface area contributed by atoms with Gasteiger partial charge in [0.05, 0.1) is 4.90 Å². The topological polar surface area (TPSA) is 78.0 Å². The summed E-state index contributed by atoms with van der Waals surface area (Å²) in [5, 5.41) is 0. The number of amides is 2. The van der Waals surface area contributed by atoms with E-state index < -0.39 is 10.0 Å². The van der Waals surface area contributed by atoms with Gasteiger partial charge >= 0.3 is 0 Å². The maximum Gasteiger partial charge on any atom is 0.243 e. The highest BCUT2D eigenvalue weighted by molar-refractivity contribution is 7.89. The third-order valence-corrected chi connectivity index (χ3v) is 6.61. The zero-order valence-corrected chi connectivity index (χ0v) is 14.7. The molecule has 1 aromatic rings. The van der Waals surface area contributed by atoms with Crippen LogP contribution in [0.4, 0.5) is 5.69 Å². The summed E-state index contributed by atoms with van der Waals surface area (Å²) in [5.74, 6) is 0.00648. The van der Waals surface area contributed by atoms with Crippen molar-refractivity contribution in [1.29, 1.82) is 0 Å². The van der Waals surface area contributed by atoms with Crippen LogP contribution in [0.15, 0.2) is 23.1 Å². The Morgan fingerprint density at radius 3 is 2.38 bits per heavy atom.